The van der Waals surface area contributed by atoms with Gasteiger partial charge in [-0.3, -0.25) is 4.90 Å². The first-order valence-corrected chi connectivity index (χ1v) is 6.63. The quantitative estimate of drug-likeness (QED) is 0.899. The maximum atomic E-state index is 6.15. The van der Waals surface area contributed by atoms with Gasteiger partial charge in [0.25, 0.3) is 0 Å². The third kappa shape index (κ3) is 1.76. The van der Waals surface area contributed by atoms with E-state index in [1.54, 1.807) is 11.3 Å². The van der Waals surface area contributed by atoms with Crippen molar-refractivity contribution < 1.29 is 0 Å². The Morgan fingerprint density at radius 1 is 1.71 bits per heavy atom. The molecule has 14 heavy (non-hydrogen) atoms. The molecule has 0 spiro atoms. The van der Waals surface area contributed by atoms with Gasteiger partial charge in [0, 0.05) is 21.9 Å². The van der Waals surface area contributed by atoms with Crippen LogP contribution in [0.15, 0.2) is 15.9 Å². The minimum Gasteiger partial charge on any atom is -0.326 e. The lowest BCUT2D eigenvalue weighted by atomic mass is 10.1. The van der Waals surface area contributed by atoms with Crippen LogP contribution in [-0.4, -0.2) is 24.0 Å². The summed E-state index contributed by atoms with van der Waals surface area (Å²) >= 11 is 5.39. The smallest absolute Gasteiger partial charge is 0.0605 e. The first-order valence-electron chi connectivity index (χ1n) is 4.96. The summed E-state index contributed by atoms with van der Waals surface area (Å²) < 4.78 is 1.21. The Hall–Kier alpha value is 0.100. The van der Waals surface area contributed by atoms with Crippen LogP contribution >= 0.6 is 27.3 Å². The number of thiophene rings is 1. The van der Waals surface area contributed by atoms with Crippen molar-refractivity contribution in [1.29, 1.82) is 0 Å². The van der Waals surface area contributed by atoms with Gasteiger partial charge in [-0.1, -0.05) is 6.92 Å². The zero-order valence-electron chi connectivity index (χ0n) is 8.24. The molecule has 1 aliphatic heterocycles. The molecule has 0 amide bonds. The lowest BCUT2D eigenvalue weighted by Crippen LogP contribution is -2.31. The Labute approximate surface area is 97.2 Å². The SMILES string of the molecule is CCN1CCC(N)C1c1sccc1Br. The Kier molecular flexibility index (Phi) is 3.27. The van der Waals surface area contributed by atoms with E-state index in [1.807, 2.05) is 0 Å². The second-order valence-corrected chi connectivity index (χ2v) is 5.46. The van der Waals surface area contributed by atoms with Crippen LogP contribution in [0.5, 0.6) is 0 Å². The molecule has 2 atom stereocenters. The first kappa shape index (κ1) is 10.6. The second-order valence-electron chi connectivity index (χ2n) is 3.66. The molecular formula is C10H15BrN2S. The summed E-state index contributed by atoms with van der Waals surface area (Å²) in [4.78, 5) is 3.85. The van der Waals surface area contributed by atoms with Crippen LogP contribution in [0.1, 0.15) is 24.3 Å². The molecule has 1 aliphatic rings. The lowest BCUT2D eigenvalue weighted by molar-refractivity contribution is 0.264. The molecule has 0 aromatic carbocycles. The van der Waals surface area contributed by atoms with Gasteiger partial charge >= 0.3 is 0 Å². The highest BCUT2D eigenvalue weighted by molar-refractivity contribution is 9.10. The van der Waals surface area contributed by atoms with E-state index >= 15 is 0 Å². The van der Waals surface area contributed by atoms with Crippen LogP contribution < -0.4 is 5.73 Å². The van der Waals surface area contributed by atoms with Crippen molar-refractivity contribution in [2.45, 2.75) is 25.4 Å². The molecule has 1 fully saturated rings. The van der Waals surface area contributed by atoms with Crippen molar-refractivity contribution in [2.24, 2.45) is 5.73 Å². The molecule has 1 saturated heterocycles. The molecule has 0 radical (unpaired) electrons. The summed E-state index contributed by atoms with van der Waals surface area (Å²) in [6, 6.07) is 2.83. The van der Waals surface area contributed by atoms with E-state index < -0.39 is 0 Å². The predicted molar refractivity (Wildman–Crippen MR) is 64.6 cm³/mol. The molecule has 2 rings (SSSR count). The molecule has 1 aromatic heterocycles. The predicted octanol–water partition coefficient (Wildman–Crippen LogP) is 2.60. The van der Waals surface area contributed by atoms with Gasteiger partial charge in [-0.05, 0) is 40.3 Å². The van der Waals surface area contributed by atoms with Crippen LogP contribution in [-0.2, 0) is 0 Å². The fourth-order valence-corrected chi connectivity index (χ4v) is 3.93. The molecule has 2 unspecified atom stereocenters. The summed E-state index contributed by atoms with van der Waals surface area (Å²) in [5.74, 6) is 0. The number of nitrogens with zero attached hydrogens (tertiary/aromatic N) is 1. The van der Waals surface area contributed by atoms with Gasteiger partial charge in [0.2, 0.25) is 0 Å². The average molecular weight is 275 g/mol. The van der Waals surface area contributed by atoms with E-state index in [-0.39, 0.29) is 0 Å². The monoisotopic (exact) mass is 274 g/mol. The molecule has 1 aromatic rings. The third-order valence-electron chi connectivity index (χ3n) is 2.87. The fourth-order valence-electron chi connectivity index (χ4n) is 2.11. The number of likely N-dealkylation sites (tertiary alicyclic amines) is 1. The van der Waals surface area contributed by atoms with Gasteiger partial charge in [-0.25, -0.2) is 0 Å². The molecule has 4 heteroatoms. The van der Waals surface area contributed by atoms with Crippen LogP contribution in [0.3, 0.4) is 0 Å². The van der Waals surface area contributed by atoms with Crippen molar-refractivity contribution in [3.05, 3.63) is 20.8 Å². The highest BCUT2D eigenvalue weighted by Gasteiger charge is 2.33. The average Bonchev–Trinajstić information content (AvgIpc) is 2.72. The minimum atomic E-state index is 0.296. The van der Waals surface area contributed by atoms with Crippen LogP contribution in [0.2, 0.25) is 0 Å². The van der Waals surface area contributed by atoms with Crippen molar-refractivity contribution >= 4 is 27.3 Å². The van der Waals surface area contributed by atoms with Crippen LogP contribution in [0.25, 0.3) is 0 Å². The molecule has 78 valence electrons. The van der Waals surface area contributed by atoms with Crippen molar-refractivity contribution in [1.82, 2.24) is 4.90 Å². The molecule has 0 saturated carbocycles. The summed E-state index contributed by atoms with van der Waals surface area (Å²) in [6.07, 6.45) is 1.11. The van der Waals surface area contributed by atoms with Gasteiger partial charge in [-0.15, -0.1) is 11.3 Å². The van der Waals surface area contributed by atoms with E-state index in [2.05, 4.69) is 39.2 Å². The molecule has 2 N–H and O–H groups in total. The lowest BCUT2D eigenvalue weighted by Gasteiger charge is -2.24. The fraction of sp³-hybridized carbons (Fsp3) is 0.600. The van der Waals surface area contributed by atoms with E-state index in [4.69, 9.17) is 5.73 Å². The Balaban J connectivity index is 2.27. The van der Waals surface area contributed by atoms with Gasteiger partial charge < -0.3 is 5.73 Å². The van der Waals surface area contributed by atoms with Crippen LogP contribution in [0.4, 0.5) is 0 Å². The summed E-state index contributed by atoms with van der Waals surface area (Å²) in [5.41, 5.74) is 6.15. The number of likely N-dealkylation sites (N-methyl/N-ethyl adjacent to an activating group) is 1. The normalized spacial score (nSPS) is 28.5. The Morgan fingerprint density at radius 3 is 3.07 bits per heavy atom. The van der Waals surface area contributed by atoms with E-state index in [9.17, 15) is 0 Å². The summed E-state index contributed by atoms with van der Waals surface area (Å²) in [6.45, 7) is 4.42. The van der Waals surface area contributed by atoms with Crippen molar-refractivity contribution in [3.63, 3.8) is 0 Å². The van der Waals surface area contributed by atoms with Gasteiger partial charge in [0.15, 0.2) is 0 Å². The maximum absolute atomic E-state index is 6.15. The second kappa shape index (κ2) is 4.31. The highest BCUT2D eigenvalue weighted by Crippen LogP contribution is 2.38. The zero-order chi connectivity index (χ0) is 10.1. The van der Waals surface area contributed by atoms with E-state index in [0.29, 0.717) is 12.1 Å². The third-order valence-corrected chi connectivity index (χ3v) is 4.81. The molecular weight excluding hydrogens is 260 g/mol. The van der Waals surface area contributed by atoms with E-state index in [1.165, 1.54) is 9.35 Å². The molecule has 2 heterocycles. The van der Waals surface area contributed by atoms with Gasteiger partial charge in [0.05, 0.1) is 6.04 Å². The first-order chi connectivity index (χ1) is 6.74. The number of rotatable bonds is 2. The highest BCUT2D eigenvalue weighted by atomic mass is 79.9. The van der Waals surface area contributed by atoms with Crippen molar-refractivity contribution in [2.75, 3.05) is 13.1 Å². The number of nitrogens with two attached hydrogens (primary N) is 1. The van der Waals surface area contributed by atoms with Crippen molar-refractivity contribution in [3.8, 4) is 0 Å². The summed E-state index contributed by atoms with van der Waals surface area (Å²) in [5, 5.41) is 2.12. The zero-order valence-corrected chi connectivity index (χ0v) is 10.6. The molecule has 2 nitrogen and oxygen atoms in total. The topological polar surface area (TPSA) is 29.3 Å². The van der Waals surface area contributed by atoms with E-state index in [0.717, 1.165) is 19.5 Å². The number of halogens is 1. The van der Waals surface area contributed by atoms with Gasteiger partial charge in [0.1, 0.15) is 0 Å². The number of hydrogen-bond donors (Lipinski definition) is 1. The maximum Gasteiger partial charge on any atom is 0.0605 e. The standard InChI is InChI=1S/C10H15BrN2S/c1-2-13-5-3-8(12)9(13)10-7(11)4-6-14-10/h4,6,8-9H,2-3,5,12H2,1H3. The Morgan fingerprint density at radius 2 is 2.50 bits per heavy atom. The van der Waals surface area contributed by atoms with Crippen LogP contribution in [0, 0.1) is 0 Å². The number of hydrogen-bond acceptors (Lipinski definition) is 3. The largest absolute Gasteiger partial charge is 0.326 e. The Bertz CT molecular complexity index is 313. The minimum absolute atomic E-state index is 0.296. The molecule has 0 bridgehead atoms. The molecule has 0 aliphatic carbocycles. The summed E-state index contributed by atoms with van der Waals surface area (Å²) in [7, 11) is 0. The van der Waals surface area contributed by atoms with Gasteiger partial charge in [-0.2, -0.15) is 0 Å².